The van der Waals surface area contributed by atoms with Crippen LogP contribution in [-0.4, -0.2) is 25.5 Å². The quantitative estimate of drug-likeness (QED) is 0.713. The molecule has 1 aromatic carbocycles. The first-order valence-corrected chi connectivity index (χ1v) is 8.08. The fourth-order valence-corrected chi connectivity index (χ4v) is 2.92. The molecule has 1 N–H and O–H groups in total. The van der Waals surface area contributed by atoms with Gasteiger partial charge in [0.15, 0.2) is 5.82 Å². The SMILES string of the molecule is Cn1ncc(Br)c1C(=O)Nc1nn(Cc2ccccc2F)cc1Cl. The van der Waals surface area contributed by atoms with Gasteiger partial charge in [-0.2, -0.15) is 10.2 Å². The van der Waals surface area contributed by atoms with Gasteiger partial charge in [-0.1, -0.05) is 29.8 Å². The van der Waals surface area contributed by atoms with Gasteiger partial charge in [-0.05, 0) is 22.0 Å². The zero-order valence-corrected chi connectivity index (χ0v) is 14.8. The van der Waals surface area contributed by atoms with E-state index in [1.54, 1.807) is 25.2 Å². The normalized spacial score (nSPS) is 10.8. The molecule has 9 heteroatoms. The van der Waals surface area contributed by atoms with E-state index in [0.29, 0.717) is 15.7 Å². The van der Waals surface area contributed by atoms with Crippen LogP contribution >= 0.6 is 27.5 Å². The fourth-order valence-electron chi connectivity index (χ4n) is 2.20. The Hall–Kier alpha value is -2.19. The van der Waals surface area contributed by atoms with Gasteiger partial charge in [0.2, 0.25) is 0 Å². The topological polar surface area (TPSA) is 64.7 Å². The predicted molar refractivity (Wildman–Crippen MR) is 91.6 cm³/mol. The molecule has 2 heterocycles. The van der Waals surface area contributed by atoms with E-state index in [-0.39, 0.29) is 23.2 Å². The molecule has 0 aliphatic heterocycles. The summed E-state index contributed by atoms with van der Waals surface area (Å²) in [5.41, 5.74) is 0.818. The molecule has 24 heavy (non-hydrogen) atoms. The number of hydrogen-bond donors (Lipinski definition) is 1. The van der Waals surface area contributed by atoms with E-state index in [0.717, 1.165) is 0 Å². The van der Waals surface area contributed by atoms with Crippen molar-refractivity contribution in [3.05, 3.63) is 63.2 Å². The van der Waals surface area contributed by atoms with Gasteiger partial charge in [-0.3, -0.25) is 14.2 Å². The summed E-state index contributed by atoms with van der Waals surface area (Å²) in [5.74, 6) is -0.528. The fraction of sp³-hybridized carbons (Fsp3) is 0.133. The number of hydrogen-bond acceptors (Lipinski definition) is 3. The molecule has 0 spiro atoms. The molecule has 0 saturated heterocycles. The maximum absolute atomic E-state index is 13.7. The first-order valence-electron chi connectivity index (χ1n) is 6.91. The summed E-state index contributed by atoms with van der Waals surface area (Å²) in [5, 5.41) is 11.1. The molecule has 124 valence electrons. The van der Waals surface area contributed by atoms with Crippen LogP contribution in [-0.2, 0) is 13.6 Å². The van der Waals surface area contributed by atoms with Crippen molar-refractivity contribution in [1.29, 1.82) is 0 Å². The average molecular weight is 413 g/mol. The Bertz CT molecular complexity index is 888. The van der Waals surface area contributed by atoms with Crippen molar-refractivity contribution in [1.82, 2.24) is 19.6 Å². The highest BCUT2D eigenvalue weighted by Gasteiger charge is 2.18. The molecule has 0 aliphatic carbocycles. The van der Waals surface area contributed by atoms with Gasteiger partial charge in [-0.25, -0.2) is 4.39 Å². The summed E-state index contributed by atoms with van der Waals surface area (Å²) >= 11 is 9.37. The number of rotatable bonds is 4. The lowest BCUT2D eigenvalue weighted by atomic mass is 10.2. The molecule has 0 aliphatic rings. The van der Waals surface area contributed by atoms with E-state index < -0.39 is 5.91 Å². The Morgan fingerprint density at radius 1 is 1.42 bits per heavy atom. The number of nitrogens with zero attached hydrogens (tertiary/aromatic N) is 4. The highest BCUT2D eigenvalue weighted by molar-refractivity contribution is 9.10. The van der Waals surface area contributed by atoms with Crippen LogP contribution in [0.2, 0.25) is 5.02 Å². The van der Waals surface area contributed by atoms with Crippen LogP contribution in [0.25, 0.3) is 0 Å². The van der Waals surface area contributed by atoms with E-state index in [2.05, 4.69) is 31.4 Å². The van der Waals surface area contributed by atoms with E-state index in [4.69, 9.17) is 11.6 Å². The van der Waals surface area contributed by atoms with E-state index in [9.17, 15) is 9.18 Å². The maximum atomic E-state index is 13.7. The van der Waals surface area contributed by atoms with Crippen molar-refractivity contribution in [2.45, 2.75) is 6.54 Å². The standard InChI is InChI=1S/C15H12BrClFN5O/c1-22-13(10(16)6-19-22)15(24)20-14-11(17)8-23(21-14)7-9-4-2-3-5-12(9)18/h2-6,8H,7H2,1H3,(H,20,21,24). The second-order valence-corrected chi connectivity index (χ2v) is 6.30. The average Bonchev–Trinajstić information content (AvgIpc) is 3.04. The van der Waals surface area contributed by atoms with E-state index in [1.807, 2.05) is 0 Å². The van der Waals surface area contributed by atoms with Crippen LogP contribution < -0.4 is 5.32 Å². The minimum Gasteiger partial charge on any atom is -0.302 e. The summed E-state index contributed by atoms with van der Waals surface area (Å²) in [6.07, 6.45) is 3.05. The van der Waals surface area contributed by atoms with Gasteiger partial charge in [-0.15, -0.1) is 0 Å². The van der Waals surface area contributed by atoms with Gasteiger partial charge in [0.25, 0.3) is 5.91 Å². The molecule has 0 saturated carbocycles. The lowest BCUT2D eigenvalue weighted by molar-refractivity contribution is 0.101. The molecule has 0 radical (unpaired) electrons. The Labute approximate surface area is 150 Å². The molecule has 3 aromatic rings. The Balaban J connectivity index is 1.80. The second-order valence-electron chi connectivity index (χ2n) is 5.03. The van der Waals surface area contributed by atoms with Crippen molar-refractivity contribution in [2.24, 2.45) is 7.05 Å². The molecule has 6 nitrogen and oxygen atoms in total. The number of carbonyl (C=O) groups excluding carboxylic acids is 1. The Morgan fingerprint density at radius 3 is 2.83 bits per heavy atom. The largest absolute Gasteiger partial charge is 0.302 e. The third-order valence-electron chi connectivity index (χ3n) is 3.35. The summed E-state index contributed by atoms with van der Waals surface area (Å²) < 4.78 is 17.2. The third-order valence-corrected chi connectivity index (χ3v) is 4.21. The number of amides is 1. The van der Waals surface area contributed by atoms with Gasteiger partial charge >= 0.3 is 0 Å². The van der Waals surface area contributed by atoms with Crippen LogP contribution in [0.4, 0.5) is 10.2 Å². The molecule has 0 atom stereocenters. The molecule has 1 amide bonds. The number of aryl methyl sites for hydroxylation is 1. The van der Waals surface area contributed by atoms with Crippen LogP contribution in [0, 0.1) is 5.82 Å². The van der Waals surface area contributed by atoms with Crippen molar-refractivity contribution in [3.8, 4) is 0 Å². The van der Waals surface area contributed by atoms with Gasteiger partial charge in [0.05, 0.1) is 17.2 Å². The molecular weight excluding hydrogens is 401 g/mol. The summed E-state index contributed by atoms with van der Waals surface area (Å²) in [4.78, 5) is 12.3. The molecular formula is C15H12BrClFN5O. The monoisotopic (exact) mass is 411 g/mol. The highest BCUT2D eigenvalue weighted by atomic mass is 79.9. The van der Waals surface area contributed by atoms with Crippen molar-refractivity contribution in [3.63, 3.8) is 0 Å². The number of aromatic nitrogens is 4. The smallest absolute Gasteiger partial charge is 0.276 e. The second kappa shape index (κ2) is 6.74. The maximum Gasteiger partial charge on any atom is 0.276 e. The van der Waals surface area contributed by atoms with E-state index >= 15 is 0 Å². The first kappa shape index (κ1) is 16.7. The summed E-state index contributed by atoms with van der Waals surface area (Å²) in [6.45, 7) is 0.206. The van der Waals surface area contributed by atoms with Crippen LogP contribution in [0.15, 0.2) is 41.1 Å². The minimum absolute atomic E-state index is 0.200. The van der Waals surface area contributed by atoms with Crippen LogP contribution in [0.3, 0.4) is 0 Å². The van der Waals surface area contributed by atoms with Crippen molar-refractivity contribution < 1.29 is 9.18 Å². The van der Waals surface area contributed by atoms with Gasteiger partial charge in [0.1, 0.15) is 16.5 Å². The first-order chi connectivity index (χ1) is 11.5. The molecule has 0 fully saturated rings. The predicted octanol–water partition coefficient (Wildman–Crippen LogP) is 3.47. The van der Waals surface area contributed by atoms with Crippen LogP contribution in [0.5, 0.6) is 0 Å². The van der Waals surface area contributed by atoms with Crippen molar-refractivity contribution in [2.75, 3.05) is 5.32 Å². The summed E-state index contributed by atoms with van der Waals surface area (Å²) in [6, 6.07) is 6.40. The molecule has 0 bridgehead atoms. The van der Waals surface area contributed by atoms with Crippen LogP contribution in [0.1, 0.15) is 16.1 Å². The molecule has 2 aromatic heterocycles. The van der Waals surface area contributed by atoms with Gasteiger partial charge in [0, 0.05) is 18.8 Å². The van der Waals surface area contributed by atoms with Gasteiger partial charge < -0.3 is 5.32 Å². The summed E-state index contributed by atoms with van der Waals surface area (Å²) in [7, 11) is 1.65. The number of halogens is 3. The lowest BCUT2D eigenvalue weighted by Gasteiger charge is -2.04. The number of benzene rings is 1. The highest BCUT2D eigenvalue weighted by Crippen LogP contribution is 2.23. The van der Waals surface area contributed by atoms with E-state index in [1.165, 1.54) is 27.8 Å². The Morgan fingerprint density at radius 2 is 2.17 bits per heavy atom. The minimum atomic E-state index is -0.403. The lowest BCUT2D eigenvalue weighted by Crippen LogP contribution is -2.17. The molecule has 0 unspecified atom stereocenters. The third kappa shape index (κ3) is 3.34. The zero-order chi connectivity index (χ0) is 17.3. The number of nitrogens with one attached hydrogen (secondary N) is 1. The van der Waals surface area contributed by atoms with Crippen molar-refractivity contribution >= 4 is 39.3 Å². The Kier molecular flexibility index (Phi) is 4.68. The zero-order valence-electron chi connectivity index (χ0n) is 12.5. The number of carbonyl (C=O) groups is 1. The molecule has 3 rings (SSSR count). The number of anilines is 1.